The molecule has 1 N–H and O–H groups in total. The Morgan fingerprint density at radius 2 is 1.89 bits per heavy atom. The van der Waals surface area contributed by atoms with E-state index in [1.165, 1.54) is 17.1 Å². The van der Waals surface area contributed by atoms with E-state index in [2.05, 4.69) is 59.4 Å². The first-order valence-corrected chi connectivity index (χ1v) is 10.1. The van der Waals surface area contributed by atoms with Gasteiger partial charge in [-0.25, -0.2) is 0 Å². The van der Waals surface area contributed by atoms with Crippen LogP contribution in [0.1, 0.15) is 11.5 Å². The molecule has 5 heteroatoms. The van der Waals surface area contributed by atoms with Crippen LogP contribution in [0.25, 0.3) is 0 Å². The van der Waals surface area contributed by atoms with Gasteiger partial charge in [0.25, 0.3) is 0 Å². The average Bonchev–Trinajstić information content (AvgIpc) is 2.87. The smallest absolute Gasteiger partial charge is 0.227 e. The van der Waals surface area contributed by atoms with Gasteiger partial charge in [-0.3, -0.25) is 0 Å². The van der Waals surface area contributed by atoms with Gasteiger partial charge in [-0.05, 0) is 5.56 Å². The van der Waals surface area contributed by atoms with Gasteiger partial charge in [-0.1, -0.05) is 54.2 Å². The van der Waals surface area contributed by atoms with E-state index in [9.17, 15) is 0 Å². The predicted octanol–water partition coefficient (Wildman–Crippen LogP) is 1.95. The Labute approximate surface area is 115 Å². The summed E-state index contributed by atoms with van der Waals surface area (Å²) < 4.78 is 4.94. The quantitative estimate of drug-likeness (QED) is 0.646. The Balaban J connectivity index is 1.77. The highest BCUT2D eigenvalue weighted by Gasteiger charge is 2.15. The van der Waals surface area contributed by atoms with Gasteiger partial charge in [0.15, 0.2) is 6.33 Å². The van der Waals surface area contributed by atoms with Crippen molar-refractivity contribution in [2.75, 3.05) is 6.54 Å². The third-order valence-electron chi connectivity index (χ3n) is 3.07. The Hall–Kier alpha value is -1.46. The first-order valence-electron chi connectivity index (χ1n) is 6.61. The zero-order chi connectivity index (χ0) is 13.7. The van der Waals surface area contributed by atoms with Gasteiger partial charge in [0.2, 0.25) is 5.89 Å². The normalized spacial score (nSPS) is 11.7. The average molecular weight is 275 g/mol. The maximum Gasteiger partial charge on any atom is 0.227 e. The molecule has 1 aromatic carbocycles. The number of nitrogens with one attached hydrogen (secondary N) is 1. The lowest BCUT2D eigenvalue weighted by molar-refractivity contribution is 0.375. The van der Waals surface area contributed by atoms with Gasteiger partial charge >= 0.3 is 0 Å². The Morgan fingerprint density at radius 3 is 2.47 bits per heavy atom. The Kier molecular flexibility index (Phi) is 4.50. The maximum atomic E-state index is 4.94. The van der Waals surface area contributed by atoms with Crippen molar-refractivity contribution in [3.05, 3.63) is 42.0 Å². The van der Waals surface area contributed by atoms with E-state index in [0.29, 0.717) is 5.89 Å². The number of aromatic nitrogens is 2. The molecule has 0 aliphatic heterocycles. The number of rotatable bonds is 6. The molecule has 2 rings (SSSR count). The summed E-state index contributed by atoms with van der Waals surface area (Å²) in [6.07, 6.45) is 2.21. The van der Waals surface area contributed by atoms with E-state index in [-0.39, 0.29) is 0 Å². The Morgan fingerprint density at radius 1 is 1.16 bits per heavy atom. The monoisotopic (exact) mass is 275 g/mol. The zero-order valence-electron chi connectivity index (χ0n) is 11.8. The summed E-state index contributed by atoms with van der Waals surface area (Å²) in [5.41, 5.74) is 1.31. The zero-order valence-corrected chi connectivity index (χ0v) is 12.8. The minimum atomic E-state index is -1.18. The molecule has 0 radical (unpaired) electrons. The lowest BCUT2D eigenvalue weighted by Gasteiger charge is -2.16. The first-order chi connectivity index (χ1) is 9.05. The molecule has 0 fully saturated rings. The van der Waals surface area contributed by atoms with Crippen molar-refractivity contribution in [1.29, 1.82) is 0 Å². The van der Waals surface area contributed by atoms with Gasteiger partial charge in [0.05, 0.1) is 8.07 Å². The lowest BCUT2D eigenvalue weighted by Crippen LogP contribution is -2.37. The topological polar surface area (TPSA) is 51.0 Å². The van der Waals surface area contributed by atoms with Crippen LogP contribution in [0.5, 0.6) is 0 Å². The van der Waals surface area contributed by atoms with Crippen LogP contribution in [0.2, 0.25) is 19.6 Å². The largest absolute Gasteiger partial charge is 0.340 e. The molecule has 0 spiro atoms. The first kappa shape index (κ1) is 14.0. The van der Waals surface area contributed by atoms with Crippen LogP contribution in [0.3, 0.4) is 0 Å². The van der Waals surface area contributed by atoms with E-state index in [0.717, 1.165) is 19.5 Å². The summed E-state index contributed by atoms with van der Waals surface area (Å²) in [5, 5.41) is 8.47. The van der Waals surface area contributed by atoms with E-state index >= 15 is 0 Å². The van der Waals surface area contributed by atoms with Crippen LogP contribution in [-0.4, -0.2) is 24.8 Å². The van der Waals surface area contributed by atoms with Crippen molar-refractivity contribution in [3.63, 3.8) is 0 Å². The number of hydrogen-bond acceptors (Lipinski definition) is 4. The molecule has 0 unspecified atom stereocenters. The van der Waals surface area contributed by atoms with E-state index in [4.69, 9.17) is 4.52 Å². The number of nitrogens with zero attached hydrogens (tertiary/aromatic N) is 2. The summed E-state index contributed by atoms with van der Waals surface area (Å²) in [5.74, 6) is 0.682. The molecular weight excluding hydrogens is 254 g/mol. The molecule has 19 heavy (non-hydrogen) atoms. The van der Waals surface area contributed by atoms with E-state index < -0.39 is 8.07 Å². The third kappa shape index (κ3) is 4.29. The highest BCUT2D eigenvalue weighted by atomic mass is 28.3. The molecule has 1 heterocycles. The second-order valence-corrected chi connectivity index (χ2v) is 10.8. The van der Waals surface area contributed by atoms with Crippen molar-refractivity contribution in [2.45, 2.75) is 32.6 Å². The van der Waals surface area contributed by atoms with Crippen LogP contribution in [-0.2, 0) is 13.0 Å². The molecule has 0 atom stereocenters. The molecule has 0 amide bonds. The minimum Gasteiger partial charge on any atom is -0.340 e. The van der Waals surface area contributed by atoms with Crippen LogP contribution in [0, 0.1) is 0 Å². The van der Waals surface area contributed by atoms with Crippen molar-refractivity contribution in [1.82, 2.24) is 15.5 Å². The molecule has 0 saturated carbocycles. The Bertz CT molecular complexity index is 488. The summed E-state index contributed by atoms with van der Waals surface area (Å²) in [4.78, 5) is 3.99. The molecule has 2 aromatic rings. The summed E-state index contributed by atoms with van der Waals surface area (Å²) >= 11 is 0. The fourth-order valence-electron chi connectivity index (χ4n) is 1.86. The van der Waals surface area contributed by atoms with Crippen LogP contribution in [0.4, 0.5) is 0 Å². The fraction of sp³-hybridized carbons (Fsp3) is 0.429. The second kappa shape index (κ2) is 6.12. The number of benzene rings is 1. The van der Waals surface area contributed by atoms with Gasteiger partial charge in [0, 0.05) is 19.5 Å². The third-order valence-corrected chi connectivity index (χ3v) is 5.14. The van der Waals surface area contributed by atoms with Crippen molar-refractivity contribution in [3.8, 4) is 0 Å². The molecule has 102 valence electrons. The second-order valence-electron chi connectivity index (χ2n) is 5.71. The standard InChI is InChI=1S/C14H21N3OSi/c1-19(2,3)13-6-4-12(5-7-13)10-15-9-8-14-16-11-17-18-14/h4-7,11,15H,8-10H2,1-3H3. The highest BCUT2D eigenvalue weighted by molar-refractivity contribution is 6.88. The minimum absolute atomic E-state index is 0.682. The van der Waals surface area contributed by atoms with E-state index in [1.807, 2.05) is 0 Å². The van der Waals surface area contributed by atoms with Crippen LogP contribution in [0.15, 0.2) is 35.1 Å². The molecule has 4 nitrogen and oxygen atoms in total. The van der Waals surface area contributed by atoms with Gasteiger partial charge in [-0.15, -0.1) is 0 Å². The number of hydrogen-bond donors (Lipinski definition) is 1. The van der Waals surface area contributed by atoms with Crippen molar-refractivity contribution >= 4 is 13.3 Å². The highest BCUT2D eigenvalue weighted by Crippen LogP contribution is 2.04. The van der Waals surface area contributed by atoms with Crippen LogP contribution < -0.4 is 10.5 Å². The molecule has 0 aliphatic carbocycles. The van der Waals surface area contributed by atoms with E-state index in [1.54, 1.807) is 0 Å². The SMILES string of the molecule is C[Si](C)(C)c1ccc(CNCCc2ncno2)cc1. The summed E-state index contributed by atoms with van der Waals surface area (Å²) in [6, 6.07) is 8.96. The van der Waals surface area contributed by atoms with Crippen LogP contribution >= 0.6 is 0 Å². The maximum absolute atomic E-state index is 4.94. The van der Waals surface area contributed by atoms with Crippen molar-refractivity contribution in [2.24, 2.45) is 0 Å². The fourth-order valence-corrected chi connectivity index (χ4v) is 3.02. The van der Waals surface area contributed by atoms with Gasteiger partial charge in [-0.2, -0.15) is 4.98 Å². The summed E-state index contributed by atoms with van der Waals surface area (Å²) in [6.45, 7) is 8.82. The molecule has 0 bridgehead atoms. The lowest BCUT2D eigenvalue weighted by atomic mass is 10.2. The van der Waals surface area contributed by atoms with Gasteiger partial charge in [0.1, 0.15) is 0 Å². The molecule has 0 saturated heterocycles. The molecule has 1 aromatic heterocycles. The summed E-state index contributed by atoms with van der Waals surface area (Å²) in [7, 11) is -1.18. The molecule has 0 aliphatic rings. The van der Waals surface area contributed by atoms with Gasteiger partial charge < -0.3 is 9.84 Å². The van der Waals surface area contributed by atoms with Crippen molar-refractivity contribution < 1.29 is 4.52 Å². The molecular formula is C14H21N3OSi. The predicted molar refractivity (Wildman–Crippen MR) is 79.1 cm³/mol.